The van der Waals surface area contributed by atoms with Gasteiger partial charge in [0.15, 0.2) is 5.54 Å². The predicted octanol–water partition coefficient (Wildman–Crippen LogP) is 2.59. The summed E-state index contributed by atoms with van der Waals surface area (Å²) < 4.78 is 10.4. The zero-order valence-electron chi connectivity index (χ0n) is 12.8. The number of ether oxygens (including phenoxy) is 1. The minimum absolute atomic E-state index is 0.326. The third-order valence-corrected chi connectivity index (χ3v) is 3.73. The summed E-state index contributed by atoms with van der Waals surface area (Å²) in [5.41, 5.74) is -0.708. The number of carbonyl (C=O) groups excluding carboxylic acids is 2. The zero-order valence-corrected chi connectivity index (χ0v) is 12.8. The van der Waals surface area contributed by atoms with Gasteiger partial charge in [-0.2, -0.15) is 0 Å². The first-order chi connectivity index (χ1) is 10.5. The summed E-state index contributed by atoms with van der Waals surface area (Å²) in [4.78, 5) is 24.4. The molecule has 0 fully saturated rings. The molecule has 0 radical (unpaired) electrons. The van der Waals surface area contributed by atoms with E-state index in [1.54, 1.807) is 24.3 Å². The molecular formula is C17H19NO4. The van der Waals surface area contributed by atoms with Crippen molar-refractivity contribution in [2.24, 2.45) is 0 Å². The van der Waals surface area contributed by atoms with Gasteiger partial charge in [-0.05, 0) is 17.7 Å². The third kappa shape index (κ3) is 2.74. The Balaban J connectivity index is 2.64. The van der Waals surface area contributed by atoms with Crippen LogP contribution in [-0.4, -0.2) is 19.0 Å². The SMILES string of the molecule is COC(=O)C(NC(C)=O)(c1ccccc1)C(C)c1ccco1. The van der Waals surface area contributed by atoms with Crippen molar-refractivity contribution in [1.82, 2.24) is 5.32 Å². The highest BCUT2D eigenvalue weighted by atomic mass is 16.5. The molecule has 0 aliphatic carbocycles. The number of hydrogen-bond donors (Lipinski definition) is 1. The van der Waals surface area contributed by atoms with Crippen molar-refractivity contribution in [3.8, 4) is 0 Å². The summed E-state index contributed by atoms with van der Waals surface area (Å²) in [5.74, 6) is -0.727. The summed E-state index contributed by atoms with van der Waals surface area (Å²) >= 11 is 0. The molecule has 22 heavy (non-hydrogen) atoms. The van der Waals surface area contributed by atoms with Gasteiger partial charge in [-0.1, -0.05) is 37.3 Å². The molecule has 1 N–H and O–H groups in total. The van der Waals surface area contributed by atoms with E-state index in [9.17, 15) is 9.59 Å². The molecule has 1 aromatic heterocycles. The lowest BCUT2D eigenvalue weighted by Crippen LogP contribution is -2.55. The Hall–Kier alpha value is -2.56. The van der Waals surface area contributed by atoms with Crippen LogP contribution in [0.15, 0.2) is 53.1 Å². The van der Waals surface area contributed by atoms with E-state index >= 15 is 0 Å². The maximum Gasteiger partial charge on any atom is 0.337 e. The van der Waals surface area contributed by atoms with Gasteiger partial charge in [-0.25, -0.2) is 4.79 Å². The monoisotopic (exact) mass is 301 g/mol. The van der Waals surface area contributed by atoms with Gasteiger partial charge in [-0.3, -0.25) is 4.79 Å². The minimum atomic E-state index is -1.35. The molecule has 2 unspecified atom stereocenters. The second-order valence-electron chi connectivity index (χ2n) is 5.08. The Labute approximate surface area is 129 Å². The normalized spacial score (nSPS) is 14.7. The van der Waals surface area contributed by atoms with Crippen molar-refractivity contribution >= 4 is 11.9 Å². The van der Waals surface area contributed by atoms with Crippen LogP contribution < -0.4 is 5.32 Å². The summed E-state index contributed by atoms with van der Waals surface area (Å²) in [6.45, 7) is 3.19. The fourth-order valence-corrected chi connectivity index (χ4v) is 2.67. The number of nitrogens with one attached hydrogen (secondary N) is 1. The smallest absolute Gasteiger partial charge is 0.337 e. The van der Waals surface area contributed by atoms with E-state index < -0.39 is 17.4 Å². The van der Waals surface area contributed by atoms with Crippen LogP contribution in [0.25, 0.3) is 0 Å². The van der Waals surface area contributed by atoms with E-state index in [0.717, 1.165) is 0 Å². The Kier molecular flexibility index (Phi) is 4.65. The lowest BCUT2D eigenvalue weighted by molar-refractivity contribution is -0.152. The van der Waals surface area contributed by atoms with Crippen LogP contribution in [0, 0.1) is 0 Å². The van der Waals surface area contributed by atoms with Crippen molar-refractivity contribution < 1.29 is 18.7 Å². The van der Waals surface area contributed by atoms with Crippen LogP contribution in [0.2, 0.25) is 0 Å². The second-order valence-corrected chi connectivity index (χ2v) is 5.08. The molecule has 1 amide bonds. The van der Waals surface area contributed by atoms with E-state index in [-0.39, 0.29) is 5.91 Å². The molecule has 0 saturated carbocycles. The number of esters is 1. The highest BCUT2D eigenvalue weighted by molar-refractivity contribution is 5.89. The Bertz CT molecular complexity index is 636. The average molecular weight is 301 g/mol. The van der Waals surface area contributed by atoms with Gasteiger partial charge in [0.05, 0.1) is 19.3 Å². The van der Waals surface area contributed by atoms with Crippen LogP contribution in [-0.2, 0) is 19.9 Å². The predicted molar refractivity (Wildman–Crippen MR) is 81.1 cm³/mol. The van der Waals surface area contributed by atoms with Crippen LogP contribution >= 0.6 is 0 Å². The highest BCUT2D eigenvalue weighted by Crippen LogP contribution is 2.38. The van der Waals surface area contributed by atoms with Crippen molar-refractivity contribution in [2.45, 2.75) is 25.3 Å². The molecule has 2 rings (SSSR count). The van der Waals surface area contributed by atoms with Crippen molar-refractivity contribution in [2.75, 3.05) is 7.11 Å². The largest absolute Gasteiger partial charge is 0.469 e. The lowest BCUT2D eigenvalue weighted by Gasteiger charge is -2.36. The van der Waals surface area contributed by atoms with E-state index in [1.165, 1.54) is 20.3 Å². The molecule has 0 aliphatic heterocycles. The van der Waals surface area contributed by atoms with Gasteiger partial charge in [-0.15, -0.1) is 0 Å². The molecule has 5 heteroatoms. The van der Waals surface area contributed by atoms with Crippen molar-refractivity contribution in [3.63, 3.8) is 0 Å². The van der Waals surface area contributed by atoms with Crippen molar-refractivity contribution in [1.29, 1.82) is 0 Å². The Morgan fingerprint density at radius 2 is 1.86 bits per heavy atom. The van der Waals surface area contributed by atoms with E-state index in [4.69, 9.17) is 9.15 Å². The molecule has 5 nitrogen and oxygen atoms in total. The number of amides is 1. The standard InChI is InChI=1S/C17H19NO4/c1-12(15-10-7-11-22-15)17(16(20)21-3,18-13(2)19)14-8-5-4-6-9-14/h4-12H,1-3H3,(H,18,19). The molecule has 1 aromatic carbocycles. The van der Waals surface area contributed by atoms with E-state index in [2.05, 4.69) is 5.32 Å². The number of benzene rings is 1. The molecule has 0 spiro atoms. The molecule has 116 valence electrons. The molecular weight excluding hydrogens is 282 g/mol. The van der Waals surface area contributed by atoms with Gasteiger partial charge in [0.25, 0.3) is 0 Å². The summed E-state index contributed by atoms with van der Waals surface area (Å²) in [6.07, 6.45) is 1.53. The molecule has 0 saturated heterocycles. The van der Waals surface area contributed by atoms with Gasteiger partial charge < -0.3 is 14.5 Å². The number of rotatable bonds is 5. The summed E-state index contributed by atoms with van der Waals surface area (Å²) in [5, 5.41) is 2.77. The molecule has 0 aliphatic rings. The number of hydrogen-bond acceptors (Lipinski definition) is 4. The zero-order chi connectivity index (χ0) is 16.2. The summed E-state index contributed by atoms with van der Waals surface area (Å²) in [6, 6.07) is 12.5. The van der Waals surface area contributed by atoms with Crippen molar-refractivity contribution in [3.05, 3.63) is 60.1 Å². The highest BCUT2D eigenvalue weighted by Gasteiger charge is 2.49. The topological polar surface area (TPSA) is 68.5 Å². The first kappa shape index (κ1) is 15.8. The third-order valence-electron chi connectivity index (χ3n) is 3.73. The lowest BCUT2D eigenvalue weighted by atomic mass is 9.77. The number of furan rings is 1. The van der Waals surface area contributed by atoms with Gasteiger partial charge in [0.2, 0.25) is 5.91 Å². The maximum atomic E-state index is 12.6. The van der Waals surface area contributed by atoms with Gasteiger partial charge >= 0.3 is 5.97 Å². The van der Waals surface area contributed by atoms with E-state index in [1.807, 2.05) is 25.1 Å². The van der Waals surface area contributed by atoms with Gasteiger partial charge in [0, 0.05) is 6.92 Å². The number of carbonyl (C=O) groups is 2. The van der Waals surface area contributed by atoms with Crippen LogP contribution in [0.5, 0.6) is 0 Å². The first-order valence-corrected chi connectivity index (χ1v) is 6.98. The molecule has 2 aromatic rings. The Morgan fingerprint density at radius 3 is 2.36 bits per heavy atom. The second kappa shape index (κ2) is 6.47. The minimum Gasteiger partial charge on any atom is -0.469 e. The average Bonchev–Trinajstić information content (AvgIpc) is 3.06. The van der Waals surface area contributed by atoms with Crippen LogP contribution in [0.1, 0.15) is 31.1 Å². The van der Waals surface area contributed by atoms with Gasteiger partial charge in [0.1, 0.15) is 5.76 Å². The summed E-state index contributed by atoms with van der Waals surface area (Å²) in [7, 11) is 1.30. The quantitative estimate of drug-likeness (QED) is 0.862. The first-order valence-electron chi connectivity index (χ1n) is 6.98. The molecule has 0 bridgehead atoms. The molecule has 2 atom stereocenters. The van der Waals surface area contributed by atoms with Crippen LogP contribution in [0.3, 0.4) is 0 Å². The number of methoxy groups -OCH3 is 1. The maximum absolute atomic E-state index is 12.6. The van der Waals surface area contributed by atoms with E-state index in [0.29, 0.717) is 11.3 Å². The Morgan fingerprint density at radius 1 is 1.18 bits per heavy atom. The molecule has 1 heterocycles. The van der Waals surface area contributed by atoms with Crippen LogP contribution in [0.4, 0.5) is 0 Å². The fourth-order valence-electron chi connectivity index (χ4n) is 2.67. The fraction of sp³-hybridized carbons (Fsp3) is 0.294.